The van der Waals surface area contributed by atoms with Gasteiger partial charge in [0.25, 0.3) is 5.91 Å². The molecule has 3 N–H and O–H groups in total. The van der Waals surface area contributed by atoms with E-state index in [2.05, 4.69) is 10.3 Å². The molecule has 1 unspecified atom stereocenters. The Kier molecular flexibility index (Phi) is 7.13. The van der Waals surface area contributed by atoms with E-state index >= 15 is 0 Å². The molecule has 0 aliphatic heterocycles. The number of pyridine rings is 1. The molecule has 32 heavy (non-hydrogen) atoms. The first kappa shape index (κ1) is 23.7. The SMILES string of the molecule is Cc1nc2c(NC(=O)c3c(Cl)cccc3Cl)cccn2c1C(Cc1ccco1)C(N)=O.Cl. The summed E-state index contributed by atoms with van der Waals surface area (Å²) < 4.78 is 7.14. The zero-order chi connectivity index (χ0) is 22.1. The van der Waals surface area contributed by atoms with Crippen molar-refractivity contribution >= 4 is 58.8 Å². The number of aryl methyl sites for hydroxylation is 1. The van der Waals surface area contributed by atoms with Crippen LogP contribution >= 0.6 is 35.6 Å². The minimum atomic E-state index is -0.662. The molecule has 1 atom stereocenters. The van der Waals surface area contributed by atoms with Crippen LogP contribution in [0.1, 0.15) is 33.4 Å². The largest absolute Gasteiger partial charge is 0.469 e. The van der Waals surface area contributed by atoms with Crippen LogP contribution < -0.4 is 11.1 Å². The zero-order valence-electron chi connectivity index (χ0n) is 16.8. The third-order valence-corrected chi connectivity index (χ3v) is 5.60. The maximum atomic E-state index is 12.8. The molecule has 2 amide bonds. The Morgan fingerprint density at radius 3 is 2.50 bits per heavy atom. The summed E-state index contributed by atoms with van der Waals surface area (Å²) in [7, 11) is 0. The average Bonchev–Trinajstić information content (AvgIpc) is 3.33. The highest BCUT2D eigenvalue weighted by Crippen LogP contribution is 2.30. The maximum absolute atomic E-state index is 12.8. The molecule has 0 fully saturated rings. The van der Waals surface area contributed by atoms with Gasteiger partial charge in [0.1, 0.15) is 5.76 Å². The number of carbonyl (C=O) groups is 2. The molecular weight excluding hydrogens is 475 g/mol. The van der Waals surface area contributed by atoms with Gasteiger partial charge in [-0.2, -0.15) is 0 Å². The standard InChI is InChI=1S/C22H18Cl2N4O3.ClH/c1-12-19(14(20(25)29)11-13-5-4-10-31-13)28-9-3-8-17(21(28)26-12)27-22(30)18-15(23)6-2-7-16(18)24;/h2-10,14H,11H2,1H3,(H2,25,29)(H,27,30);1H. The Morgan fingerprint density at radius 1 is 1.16 bits per heavy atom. The lowest BCUT2D eigenvalue weighted by atomic mass is 9.97. The number of halogens is 3. The molecular formula is C22H19Cl3N4O3. The topological polar surface area (TPSA) is 103 Å². The highest BCUT2D eigenvalue weighted by Gasteiger charge is 2.27. The van der Waals surface area contributed by atoms with Crippen molar-refractivity contribution in [1.82, 2.24) is 9.38 Å². The van der Waals surface area contributed by atoms with Crippen molar-refractivity contribution in [2.24, 2.45) is 5.73 Å². The molecule has 4 rings (SSSR count). The van der Waals surface area contributed by atoms with Crippen molar-refractivity contribution in [3.63, 3.8) is 0 Å². The van der Waals surface area contributed by atoms with E-state index in [0.717, 1.165) is 0 Å². The van der Waals surface area contributed by atoms with Crippen LogP contribution in [-0.4, -0.2) is 21.2 Å². The number of hydrogen-bond acceptors (Lipinski definition) is 4. The van der Waals surface area contributed by atoms with Crippen LogP contribution in [-0.2, 0) is 11.2 Å². The van der Waals surface area contributed by atoms with E-state index in [1.165, 1.54) is 0 Å². The number of nitrogens with zero attached hydrogens (tertiary/aromatic N) is 2. The monoisotopic (exact) mass is 492 g/mol. The lowest BCUT2D eigenvalue weighted by Gasteiger charge is -2.14. The summed E-state index contributed by atoms with van der Waals surface area (Å²) in [5.41, 5.74) is 8.04. The van der Waals surface area contributed by atoms with Crippen molar-refractivity contribution in [2.75, 3.05) is 5.32 Å². The second kappa shape index (κ2) is 9.65. The van der Waals surface area contributed by atoms with Gasteiger partial charge >= 0.3 is 0 Å². The van der Waals surface area contributed by atoms with Crippen molar-refractivity contribution in [1.29, 1.82) is 0 Å². The molecule has 10 heteroatoms. The van der Waals surface area contributed by atoms with Crippen LogP contribution in [0.5, 0.6) is 0 Å². The molecule has 0 spiro atoms. The third kappa shape index (κ3) is 4.46. The van der Waals surface area contributed by atoms with Gasteiger partial charge in [0.05, 0.1) is 44.9 Å². The smallest absolute Gasteiger partial charge is 0.258 e. The fourth-order valence-corrected chi connectivity index (χ4v) is 4.15. The van der Waals surface area contributed by atoms with E-state index in [1.807, 2.05) is 0 Å². The first-order valence-electron chi connectivity index (χ1n) is 9.41. The summed E-state index contributed by atoms with van der Waals surface area (Å²) in [6.07, 6.45) is 3.60. The number of hydrogen-bond donors (Lipinski definition) is 2. The Hall–Kier alpha value is -3.00. The zero-order valence-corrected chi connectivity index (χ0v) is 19.2. The fraction of sp³-hybridized carbons (Fsp3) is 0.136. The minimum absolute atomic E-state index is 0. The van der Waals surface area contributed by atoms with E-state index < -0.39 is 17.7 Å². The van der Waals surface area contributed by atoms with Crippen LogP contribution in [0.15, 0.2) is 59.3 Å². The number of benzene rings is 1. The molecule has 166 valence electrons. The summed E-state index contributed by atoms with van der Waals surface area (Å²) in [5, 5.41) is 3.29. The van der Waals surface area contributed by atoms with Gasteiger partial charge < -0.3 is 19.9 Å². The summed E-state index contributed by atoms with van der Waals surface area (Å²) in [6, 6.07) is 11.8. The Labute approximate surface area is 199 Å². The van der Waals surface area contributed by atoms with Crippen molar-refractivity contribution in [3.8, 4) is 0 Å². The first-order valence-corrected chi connectivity index (χ1v) is 10.2. The first-order chi connectivity index (χ1) is 14.9. The van der Waals surface area contributed by atoms with Gasteiger partial charge in [-0.15, -0.1) is 12.4 Å². The Morgan fingerprint density at radius 2 is 1.88 bits per heavy atom. The van der Waals surface area contributed by atoms with Gasteiger partial charge in [0.15, 0.2) is 5.65 Å². The molecule has 0 saturated carbocycles. The van der Waals surface area contributed by atoms with Gasteiger partial charge in [-0.05, 0) is 43.3 Å². The summed E-state index contributed by atoms with van der Waals surface area (Å²) in [5.74, 6) is -0.993. The van der Waals surface area contributed by atoms with Gasteiger partial charge in [-0.25, -0.2) is 4.98 Å². The summed E-state index contributed by atoms with van der Waals surface area (Å²) >= 11 is 12.3. The predicted octanol–water partition coefficient (Wildman–Crippen LogP) is 5.03. The highest BCUT2D eigenvalue weighted by molar-refractivity contribution is 6.40. The molecule has 0 bridgehead atoms. The number of aromatic nitrogens is 2. The average molecular weight is 494 g/mol. The van der Waals surface area contributed by atoms with Crippen LogP contribution in [0.3, 0.4) is 0 Å². The number of rotatable bonds is 6. The molecule has 3 heterocycles. The van der Waals surface area contributed by atoms with Gasteiger partial charge in [0.2, 0.25) is 5.91 Å². The molecule has 0 radical (unpaired) electrons. The van der Waals surface area contributed by atoms with E-state index in [4.69, 9.17) is 33.4 Å². The second-order valence-electron chi connectivity index (χ2n) is 6.99. The van der Waals surface area contributed by atoms with Crippen molar-refractivity contribution in [3.05, 3.63) is 87.7 Å². The van der Waals surface area contributed by atoms with E-state index in [9.17, 15) is 9.59 Å². The molecule has 7 nitrogen and oxygen atoms in total. The van der Waals surface area contributed by atoms with Gasteiger partial charge in [-0.1, -0.05) is 29.3 Å². The number of amides is 2. The van der Waals surface area contributed by atoms with E-state index in [1.54, 1.807) is 66.2 Å². The molecule has 1 aromatic carbocycles. The molecule has 3 aromatic heterocycles. The van der Waals surface area contributed by atoms with Crippen LogP contribution in [0, 0.1) is 6.92 Å². The highest BCUT2D eigenvalue weighted by atomic mass is 35.5. The van der Waals surface area contributed by atoms with Crippen molar-refractivity contribution < 1.29 is 14.0 Å². The van der Waals surface area contributed by atoms with Gasteiger partial charge in [-0.3, -0.25) is 9.59 Å². The quantitative estimate of drug-likeness (QED) is 0.393. The van der Waals surface area contributed by atoms with Crippen LogP contribution in [0.25, 0.3) is 5.65 Å². The third-order valence-electron chi connectivity index (χ3n) is 4.97. The van der Waals surface area contributed by atoms with Crippen LogP contribution in [0.4, 0.5) is 5.69 Å². The number of anilines is 1. The molecule has 0 aliphatic rings. The second-order valence-corrected chi connectivity index (χ2v) is 7.80. The number of fused-ring (bicyclic) bond motifs is 1. The molecule has 0 saturated heterocycles. The lowest BCUT2D eigenvalue weighted by Crippen LogP contribution is -2.25. The predicted molar refractivity (Wildman–Crippen MR) is 126 cm³/mol. The van der Waals surface area contributed by atoms with E-state index in [-0.39, 0.29) is 28.0 Å². The fourth-order valence-electron chi connectivity index (χ4n) is 3.58. The number of carbonyl (C=O) groups excluding carboxylic acids is 2. The normalized spacial score (nSPS) is 11.7. The molecule has 4 aromatic rings. The molecule has 0 aliphatic carbocycles. The number of primary amides is 1. The van der Waals surface area contributed by atoms with Gasteiger partial charge in [0, 0.05) is 12.6 Å². The summed E-state index contributed by atoms with van der Waals surface area (Å²) in [4.78, 5) is 29.7. The summed E-state index contributed by atoms with van der Waals surface area (Å²) in [6.45, 7) is 1.79. The lowest BCUT2D eigenvalue weighted by molar-refractivity contribution is -0.119. The maximum Gasteiger partial charge on any atom is 0.258 e. The number of furan rings is 1. The minimum Gasteiger partial charge on any atom is -0.469 e. The number of nitrogens with two attached hydrogens (primary N) is 1. The number of imidazole rings is 1. The van der Waals surface area contributed by atoms with E-state index in [0.29, 0.717) is 34.9 Å². The van der Waals surface area contributed by atoms with Crippen molar-refractivity contribution in [2.45, 2.75) is 19.3 Å². The number of nitrogens with one attached hydrogen (secondary N) is 1. The Balaban J connectivity index is 0.00000289. The Bertz CT molecular complexity index is 1270. The van der Waals surface area contributed by atoms with Crippen LogP contribution in [0.2, 0.25) is 10.0 Å².